The largest absolute Gasteiger partial charge is 0.330 e. The number of aromatic nitrogens is 3. The van der Waals surface area contributed by atoms with E-state index in [0.29, 0.717) is 18.1 Å². The molecular weight excluding hydrogens is 278 g/mol. The number of anilines is 1. The fourth-order valence-corrected chi connectivity index (χ4v) is 3.18. The summed E-state index contributed by atoms with van der Waals surface area (Å²) in [5.74, 6) is 1.85. The summed E-state index contributed by atoms with van der Waals surface area (Å²) in [6, 6.07) is 3.69. The van der Waals surface area contributed by atoms with E-state index < -0.39 is 0 Å². The van der Waals surface area contributed by atoms with E-state index in [0.717, 1.165) is 25.1 Å². The molecule has 0 radical (unpaired) electrons. The normalized spacial score (nSPS) is 21.0. The Morgan fingerprint density at radius 3 is 3.00 bits per heavy atom. The summed E-state index contributed by atoms with van der Waals surface area (Å²) in [5, 5.41) is 3.03. The quantitative estimate of drug-likeness (QED) is 0.902. The van der Waals surface area contributed by atoms with Gasteiger partial charge in [0.25, 0.3) is 0 Å². The molecule has 6 heteroatoms. The number of nitrogens with two attached hydrogens (primary N) is 1. The minimum atomic E-state index is 0.00180. The lowest BCUT2D eigenvalue weighted by atomic mass is 9.95. The van der Waals surface area contributed by atoms with Crippen LogP contribution in [0.5, 0.6) is 0 Å². The lowest BCUT2D eigenvalue weighted by Gasteiger charge is -2.18. The molecule has 2 aromatic rings. The third-order valence-corrected chi connectivity index (χ3v) is 4.40. The molecular formula is C16H21N5O. The number of amides is 1. The minimum absolute atomic E-state index is 0.00180. The number of aryl methyl sites for hydroxylation is 1. The first-order valence-corrected chi connectivity index (χ1v) is 7.67. The van der Waals surface area contributed by atoms with E-state index in [1.54, 1.807) is 12.4 Å². The van der Waals surface area contributed by atoms with Crippen molar-refractivity contribution in [3.05, 3.63) is 36.5 Å². The summed E-state index contributed by atoms with van der Waals surface area (Å²) in [6.45, 7) is 2.47. The Bertz CT molecular complexity index is 666. The number of nitrogens with one attached hydrogen (secondary N) is 1. The Labute approximate surface area is 129 Å². The highest BCUT2D eigenvalue weighted by atomic mass is 16.1. The molecule has 2 heterocycles. The first kappa shape index (κ1) is 14.7. The first-order chi connectivity index (χ1) is 10.7. The van der Waals surface area contributed by atoms with E-state index in [2.05, 4.69) is 15.3 Å². The van der Waals surface area contributed by atoms with Crippen LogP contribution < -0.4 is 11.1 Å². The van der Waals surface area contributed by atoms with Crippen LogP contribution in [0.4, 0.5) is 5.69 Å². The van der Waals surface area contributed by atoms with Gasteiger partial charge >= 0.3 is 0 Å². The maximum absolute atomic E-state index is 12.6. The third kappa shape index (κ3) is 2.74. The molecule has 116 valence electrons. The van der Waals surface area contributed by atoms with Gasteiger partial charge in [0.1, 0.15) is 5.82 Å². The van der Waals surface area contributed by atoms with Crippen molar-refractivity contribution < 1.29 is 4.79 Å². The molecule has 1 saturated carbocycles. The van der Waals surface area contributed by atoms with E-state index in [1.165, 1.54) is 0 Å². The van der Waals surface area contributed by atoms with Crippen LogP contribution in [0, 0.1) is 18.8 Å². The van der Waals surface area contributed by atoms with Gasteiger partial charge in [0.05, 0.1) is 5.69 Å². The second-order valence-electron chi connectivity index (χ2n) is 5.74. The second kappa shape index (κ2) is 6.27. The lowest BCUT2D eigenvalue weighted by molar-refractivity contribution is -0.120. The average Bonchev–Trinajstić information content (AvgIpc) is 3.16. The maximum atomic E-state index is 12.6. The van der Waals surface area contributed by atoms with Gasteiger partial charge < -0.3 is 11.1 Å². The highest BCUT2D eigenvalue weighted by molar-refractivity contribution is 5.94. The summed E-state index contributed by atoms with van der Waals surface area (Å²) < 4.78 is 1.87. The molecule has 0 aliphatic heterocycles. The van der Waals surface area contributed by atoms with E-state index in [9.17, 15) is 4.79 Å². The zero-order chi connectivity index (χ0) is 15.5. The number of pyridine rings is 1. The van der Waals surface area contributed by atoms with Crippen LogP contribution in [0.3, 0.4) is 0 Å². The van der Waals surface area contributed by atoms with Crippen LogP contribution >= 0.6 is 0 Å². The van der Waals surface area contributed by atoms with Crippen molar-refractivity contribution in [2.75, 3.05) is 11.9 Å². The molecule has 1 amide bonds. The molecule has 1 fully saturated rings. The predicted molar refractivity (Wildman–Crippen MR) is 84.6 cm³/mol. The fourth-order valence-electron chi connectivity index (χ4n) is 3.18. The molecule has 22 heavy (non-hydrogen) atoms. The summed E-state index contributed by atoms with van der Waals surface area (Å²) >= 11 is 0. The van der Waals surface area contributed by atoms with Crippen LogP contribution in [0.25, 0.3) is 5.82 Å². The first-order valence-electron chi connectivity index (χ1n) is 7.67. The number of carbonyl (C=O) groups is 1. The molecule has 2 atom stereocenters. The highest BCUT2D eigenvalue weighted by Crippen LogP contribution is 2.32. The number of nitrogens with zero attached hydrogens (tertiary/aromatic N) is 3. The van der Waals surface area contributed by atoms with Gasteiger partial charge in [-0.3, -0.25) is 9.36 Å². The van der Waals surface area contributed by atoms with Crippen molar-refractivity contribution in [3.63, 3.8) is 0 Å². The Morgan fingerprint density at radius 2 is 2.27 bits per heavy atom. The second-order valence-corrected chi connectivity index (χ2v) is 5.74. The topological polar surface area (TPSA) is 85.8 Å². The molecule has 2 aromatic heterocycles. The Balaban J connectivity index is 1.84. The van der Waals surface area contributed by atoms with Gasteiger partial charge in [-0.05, 0) is 44.4 Å². The van der Waals surface area contributed by atoms with Crippen LogP contribution in [-0.2, 0) is 4.79 Å². The van der Waals surface area contributed by atoms with Crippen molar-refractivity contribution in [1.29, 1.82) is 0 Å². The molecule has 1 aliphatic carbocycles. The van der Waals surface area contributed by atoms with Crippen LogP contribution in [0.15, 0.2) is 30.7 Å². The highest BCUT2D eigenvalue weighted by Gasteiger charge is 2.32. The van der Waals surface area contributed by atoms with Gasteiger partial charge in [-0.1, -0.05) is 6.42 Å². The number of rotatable bonds is 4. The van der Waals surface area contributed by atoms with Crippen molar-refractivity contribution in [1.82, 2.24) is 14.5 Å². The standard InChI is InChI=1S/C16H21N5O/c1-11-18-8-9-21(11)15-14(6-3-7-19-15)20-16(22)13-5-2-4-12(13)10-17/h3,6-9,12-13H,2,4-5,10,17H2,1H3,(H,20,22)/t12-,13-/m1/s1. The average molecular weight is 299 g/mol. The summed E-state index contributed by atoms with van der Waals surface area (Å²) in [6.07, 6.45) is 8.29. The van der Waals surface area contributed by atoms with E-state index in [-0.39, 0.29) is 17.7 Å². The lowest BCUT2D eigenvalue weighted by Crippen LogP contribution is -2.30. The van der Waals surface area contributed by atoms with Gasteiger partial charge in [-0.25, -0.2) is 9.97 Å². The van der Waals surface area contributed by atoms with Gasteiger partial charge in [0.2, 0.25) is 5.91 Å². The monoisotopic (exact) mass is 299 g/mol. The third-order valence-electron chi connectivity index (χ3n) is 4.40. The van der Waals surface area contributed by atoms with Crippen molar-refractivity contribution in [2.45, 2.75) is 26.2 Å². The van der Waals surface area contributed by atoms with Crippen LogP contribution in [0.2, 0.25) is 0 Å². The van der Waals surface area contributed by atoms with E-state index in [4.69, 9.17) is 5.73 Å². The number of hydrogen-bond donors (Lipinski definition) is 2. The van der Waals surface area contributed by atoms with Gasteiger partial charge in [-0.15, -0.1) is 0 Å². The summed E-state index contributed by atoms with van der Waals surface area (Å²) in [5.41, 5.74) is 6.48. The van der Waals surface area contributed by atoms with E-state index in [1.807, 2.05) is 29.8 Å². The Hall–Kier alpha value is -2.21. The van der Waals surface area contributed by atoms with Gasteiger partial charge in [0.15, 0.2) is 5.82 Å². The molecule has 0 bridgehead atoms. The Kier molecular flexibility index (Phi) is 4.20. The SMILES string of the molecule is Cc1nccn1-c1ncccc1NC(=O)[C@@H]1CCC[C@@H]1CN. The molecule has 0 aromatic carbocycles. The fraction of sp³-hybridized carbons (Fsp3) is 0.438. The van der Waals surface area contributed by atoms with Gasteiger partial charge in [0, 0.05) is 24.5 Å². The molecule has 0 saturated heterocycles. The van der Waals surface area contributed by atoms with Crippen molar-refractivity contribution >= 4 is 11.6 Å². The smallest absolute Gasteiger partial charge is 0.227 e. The summed E-state index contributed by atoms with van der Waals surface area (Å²) in [7, 11) is 0. The molecule has 1 aliphatic rings. The number of hydrogen-bond acceptors (Lipinski definition) is 4. The van der Waals surface area contributed by atoms with Crippen molar-refractivity contribution in [3.8, 4) is 5.82 Å². The van der Waals surface area contributed by atoms with Crippen molar-refractivity contribution in [2.24, 2.45) is 17.6 Å². The molecule has 3 N–H and O–H groups in total. The zero-order valence-electron chi connectivity index (χ0n) is 12.7. The maximum Gasteiger partial charge on any atom is 0.227 e. The molecule has 6 nitrogen and oxygen atoms in total. The van der Waals surface area contributed by atoms with E-state index >= 15 is 0 Å². The number of imidazole rings is 1. The summed E-state index contributed by atoms with van der Waals surface area (Å²) in [4.78, 5) is 21.2. The Morgan fingerprint density at radius 1 is 1.41 bits per heavy atom. The molecule has 0 unspecified atom stereocenters. The molecule has 0 spiro atoms. The van der Waals surface area contributed by atoms with Crippen LogP contribution in [0.1, 0.15) is 25.1 Å². The zero-order valence-corrected chi connectivity index (χ0v) is 12.7. The van der Waals surface area contributed by atoms with Gasteiger partial charge in [-0.2, -0.15) is 0 Å². The predicted octanol–water partition coefficient (Wildman–Crippen LogP) is 1.89. The van der Waals surface area contributed by atoms with Crippen LogP contribution in [-0.4, -0.2) is 27.0 Å². The minimum Gasteiger partial charge on any atom is -0.330 e. The molecule has 3 rings (SSSR count). The number of carbonyl (C=O) groups excluding carboxylic acids is 1.